The molecule has 1 aliphatic rings. The van der Waals surface area contributed by atoms with Crippen molar-refractivity contribution >= 4 is 11.9 Å². The second kappa shape index (κ2) is 7.94. The first-order valence-corrected chi connectivity index (χ1v) is 7.79. The van der Waals surface area contributed by atoms with Crippen LogP contribution in [0, 0.1) is 11.7 Å². The summed E-state index contributed by atoms with van der Waals surface area (Å²) < 4.78 is 23.5. The standard InChI is InChI=1S/C17H22FNO4/c1-11-3-5-12(6-4-11)19-16(20)10-23-17(21)14-8-7-13(22-2)9-15(14)18/h7-9,11-12H,3-6,10H2,1-2H3,(H,19,20). The predicted molar refractivity (Wildman–Crippen MR) is 82.8 cm³/mol. The predicted octanol–water partition coefficient (Wildman–Crippen LogP) is 2.69. The summed E-state index contributed by atoms with van der Waals surface area (Å²) in [6, 6.07) is 3.97. The Bertz CT molecular complexity index is 568. The van der Waals surface area contributed by atoms with Gasteiger partial charge in [-0.25, -0.2) is 9.18 Å². The van der Waals surface area contributed by atoms with E-state index in [0.29, 0.717) is 11.7 Å². The van der Waals surface area contributed by atoms with Gasteiger partial charge in [0.2, 0.25) is 0 Å². The molecule has 0 aromatic heterocycles. The largest absolute Gasteiger partial charge is 0.497 e. The van der Waals surface area contributed by atoms with Crippen molar-refractivity contribution in [3.63, 3.8) is 0 Å². The van der Waals surface area contributed by atoms with Crippen LogP contribution in [0.15, 0.2) is 18.2 Å². The molecular formula is C17H22FNO4. The van der Waals surface area contributed by atoms with Crippen molar-refractivity contribution in [3.8, 4) is 5.75 Å². The summed E-state index contributed by atoms with van der Waals surface area (Å²) in [4.78, 5) is 23.6. The van der Waals surface area contributed by atoms with Gasteiger partial charge in [0.05, 0.1) is 12.7 Å². The van der Waals surface area contributed by atoms with E-state index in [-0.39, 0.29) is 17.5 Å². The minimum atomic E-state index is -0.863. The van der Waals surface area contributed by atoms with Crippen molar-refractivity contribution in [2.45, 2.75) is 38.6 Å². The first kappa shape index (κ1) is 17.2. The van der Waals surface area contributed by atoms with E-state index in [0.717, 1.165) is 31.7 Å². The summed E-state index contributed by atoms with van der Waals surface area (Å²) in [5, 5.41) is 2.85. The fourth-order valence-electron chi connectivity index (χ4n) is 2.67. The Morgan fingerprint density at radius 2 is 1.96 bits per heavy atom. The molecule has 0 bridgehead atoms. The van der Waals surface area contributed by atoms with Crippen LogP contribution in [0.2, 0.25) is 0 Å². The summed E-state index contributed by atoms with van der Waals surface area (Å²) in [5.41, 5.74) is -0.218. The molecule has 1 fully saturated rings. The highest BCUT2D eigenvalue weighted by atomic mass is 19.1. The molecule has 1 aromatic rings. The Morgan fingerprint density at radius 3 is 2.57 bits per heavy atom. The lowest BCUT2D eigenvalue weighted by Crippen LogP contribution is -2.39. The Hall–Kier alpha value is -2.11. The van der Waals surface area contributed by atoms with Crippen LogP contribution in [-0.2, 0) is 9.53 Å². The molecule has 0 saturated heterocycles. The van der Waals surface area contributed by atoms with Crippen LogP contribution < -0.4 is 10.1 Å². The van der Waals surface area contributed by atoms with E-state index in [2.05, 4.69) is 12.2 Å². The molecule has 23 heavy (non-hydrogen) atoms. The van der Waals surface area contributed by atoms with Crippen molar-refractivity contribution < 1.29 is 23.5 Å². The number of carbonyl (C=O) groups excluding carboxylic acids is 2. The summed E-state index contributed by atoms with van der Waals surface area (Å²) in [7, 11) is 1.41. The number of benzene rings is 1. The zero-order valence-electron chi connectivity index (χ0n) is 13.4. The van der Waals surface area contributed by atoms with Crippen molar-refractivity contribution in [1.29, 1.82) is 0 Å². The lowest BCUT2D eigenvalue weighted by molar-refractivity contribution is -0.125. The van der Waals surface area contributed by atoms with E-state index in [1.165, 1.54) is 19.2 Å². The maximum absolute atomic E-state index is 13.7. The van der Waals surface area contributed by atoms with Gasteiger partial charge in [-0.15, -0.1) is 0 Å². The van der Waals surface area contributed by atoms with Crippen molar-refractivity contribution in [2.24, 2.45) is 5.92 Å². The quantitative estimate of drug-likeness (QED) is 0.846. The number of rotatable bonds is 5. The van der Waals surface area contributed by atoms with Gasteiger partial charge in [0, 0.05) is 12.1 Å². The number of methoxy groups -OCH3 is 1. The number of hydrogen-bond acceptors (Lipinski definition) is 4. The SMILES string of the molecule is COc1ccc(C(=O)OCC(=O)NC2CCC(C)CC2)c(F)c1. The van der Waals surface area contributed by atoms with Gasteiger partial charge in [-0.2, -0.15) is 0 Å². The molecule has 1 amide bonds. The molecule has 0 spiro atoms. The average molecular weight is 323 g/mol. The van der Waals surface area contributed by atoms with Crippen LogP contribution in [0.1, 0.15) is 43.0 Å². The number of esters is 1. The maximum Gasteiger partial charge on any atom is 0.341 e. The number of halogens is 1. The minimum absolute atomic E-state index is 0.134. The third-order valence-electron chi connectivity index (χ3n) is 4.11. The third-order valence-corrected chi connectivity index (χ3v) is 4.11. The minimum Gasteiger partial charge on any atom is -0.497 e. The first-order valence-electron chi connectivity index (χ1n) is 7.79. The van der Waals surface area contributed by atoms with Gasteiger partial charge < -0.3 is 14.8 Å². The first-order chi connectivity index (χ1) is 11.0. The molecule has 1 saturated carbocycles. The number of nitrogens with one attached hydrogen (secondary N) is 1. The third kappa shape index (κ3) is 4.94. The van der Waals surface area contributed by atoms with E-state index < -0.39 is 18.4 Å². The van der Waals surface area contributed by atoms with Crippen LogP contribution >= 0.6 is 0 Å². The summed E-state index contributed by atoms with van der Waals surface area (Å²) >= 11 is 0. The highest BCUT2D eigenvalue weighted by Gasteiger charge is 2.21. The monoisotopic (exact) mass is 323 g/mol. The van der Waals surface area contributed by atoms with E-state index in [1.807, 2.05) is 0 Å². The van der Waals surface area contributed by atoms with Gasteiger partial charge >= 0.3 is 5.97 Å². The second-order valence-corrected chi connectivity index (χ2v) is 5.95. The maximum atomic E-state index is 13.7. The Balaban J connectivity index is 1.80. The lowest BCUT2D eigenvalue weighted by Gasteiger charge is -2.26. The smallest absolute Gasteiger partial charge is 0.341 e. The number of amides is 1. The van der Waals surface area contributed by atoms with Gasteiger partial charge in [-0.3, -0.25) is 4.79 Å². The van der Waals surface area contributed by atoms with Crippen LogP contribution in [0.3, 0.4) is 0 Å². The summed E-state index contributed by atoms with van der Waals surface area (Å²) in [5.74, 6) is -0.956. The van der Waals surface area contributed by atoms with Crippen molar-refractivity contribution in [2.75, 3.05) is 13.7 Å². The fourth-order valence-corrected chi connectivity index (χ4v) is 2.67. The van der Waals surface area contributed by atoms with E-state index >= 15 is 0 Å². The van der Waals surface area contributed by atoms with Gasteiger partial charge in [0.15, 0.2) is 6.61 Å². The molecule has 2 rings (SSSR count). The van der Waals surface area contributed by atoms with Crippen LogP contribution in [0.4, 0.5) is 4.39 Å². The van der Waals surface area contributed by atoms with Gasteiger partial charge in [0.1, 0.15) is 11.6 Å². The molecule has 0 unspecified atom stereocenters. The van der Waals surface area contributed by atoms with Gasteiger partial charge in [0.25, 0.3) is 5.91 Å². The van der Waals surface area contributed by atoms with Crippen LogP contribution in [0.5, 0.6) is 5.75 Å². The molecule has 6 heteroatoms. The van der Waals surface area contributed by atoms with Gasteiger partial charge in [-0.1, -0.05) is 6.92 Å². The van der Waals surface area contributed by atoms with Crippen molar-refractivity contribution in [3.05, 3.63) is 29.6 Å². The average Bonchev–Trinajstić information content (AvgIpc) is 2.54. The topological polar surface area (TPSA) is 64.6 Å². The molecule has 0 atom stereocenters. The molecule has 0 heterocycles. The molecule has 0 radical (unpaired) electrons. The highest BCUT2D eigenvalue weighted by molar-refractivity contribution is 5.91. The normalized spacial score (nSPS) is 20.7. The fraction of sp³-hybridized carbons (Fsp3) is 0.529. The van der Waals surface area contributed by atoms with E-state index in [1.54, 1.807) is 0 Å². The lowest BCUT2D eigenvalue weighted by atomic mass is 9.87. The molecule has 0 aliphatic heterocycles. The molecule has 1 aliphatic carbocycles. The van der Waals surface area contributed by atoms with Crippen molar-refractivity contribution in [1.82, 2.24) is 5.32 Å². The zero-order valence-corrected chi connectivity index (χ0v) is 13.4. The molecule has 1 aromatic carbocycles. The number of ether oxygens (including phenoxy) is 2. The van der Waals surface area contributed by atoms with E-state index in [4.69, 9.17) is 9.47 Å². The molecule has 1 N–H and O–H groups in total. The van der Waals surface area contributed by atoms with Gasteiger partial charge in [-0.05, 0) is 43.7 Å². The van der Waals surface area contributed by atoms with E-state index in [9.17, 15) is 14.0 Å². The summed E-state index contributed by atoms with van der Waals surface area (Å²) in [6.07, 6.45) is 4.05. The Kier molecular flexibility index (Phi) is 5.96. The van der Waals surface area contributed by atoms with Crippen LogP contribution in [0.25, 0.3) is 0 Å². The number of carbonyl (C=O) groups is 2. The molecule has 5 nitrogen and oxygen atoms in total. The zero-order chi connectivity index (χ0) is 16.8. The molecular weight excluding hydrogens is 301 g/mol. The Morgan fingerprint density at radius 1 is 1.26 bits per heavy atom. The highest BCUT2D eigenvalue weighted by Crippen LogP contribution is 2.23. The second-order valence-electron chi connectivity index (χ2n) is 5.95. The van der Waals surface area contributed by atoms with Crippen LogP contribution in [-0.4, -0.2) is 31.6 Å². The number of hydrogen-bond donors (Lipinski definition) is 1. The Labute approximate surface area is 135 Å². The molecule has 126 valence electrons. The summed E-state index contributed by atoms with van der Waals surface area (Å²) in [6.45, 7) is 1.79.